The van der Waals surface area contributed by atoms with Gasteiger partial charge in [0.2, 0.25) is 0 Å². The van der Waals surface area contributed by atoms with Crippen LogP contribution < -0.4 is 4.90 Å². The van der Waals surface area contributed by atoms with Crippen LogP contribution in [0.4, 0.5) is 5.82 Å². The van der Waals surface area contributed by atoms with E-state index in [0.29, 0.717) is 23.1 Å². The Balaban J connectivity index is 1.84. The highest BCUT2D eigenvalue weighted by Crippen LogP contribution is 2.32. The monoisotopic (exact) mass is 418 g/mol. The Morgan fingerprint density at radius 3 is 2.64 bits per heavy atom. The number of aromatic nitrogens is 3. The topological polar surface area (TPSA) is 54.2 Å². The first-order chi connectivity index (χ1) is 13.2. The van der Waals surface area contributed by atoms with Gasteiger partial charge in [-0.15, -0.1) is 0 Å². The minimum absolute atomic E-state index is 0.190. The Hall–Kier alpha value is -1.82. The zero-order valence-electron chi connectivity index (χ0n) is 16.3. The van der Waals surface area contributed by atoms with Crippen LogP contribution in [-0.2, 0) is 12.0 Å². The summed E-state index contributed by atoms with van der Waals surface area (Å²) in [6.07, 6.45) is 2.46. The molecular weight excluding hydrogens is 395 g/mol. The summed E-state index contributed by atoms with van der Waals surface area (Å²) in [5, 5.41) is 12.1. The second-order valence-electron chi connectivity index (χ2n) is 8.40. The molecular formula is C21H24Cl2N4O. The molecule has 2 aromatic heterocycles. The van der Waals surface area contributed by atoms with E-state index in [1.165, 1.54) is 0 Å². The average molecular weight is 419 g/mol. The Bertz CT molecular complexity index is 1030. The normalized spacial score (nSPS) is 17.6. The minimum atomic E-state index is -0.310. The molecule has 1 fully saturated rings. The van der Waals surface area contributed by atoms with Crippen LogP contribution in [0.2, 0.25) is 10.0 Å². The van der Waals surface area contributed by atoms with E-state index in [0.717, 1.165) is 41.2 Å². The molecule has 1 atom stereocenters. The van der Waals surface area contributed by atoms with Crippen LogP contribution in [0.3, 0.4) is 0 Å². The van der Waals surface area contributed by atoms with E-state index in [1.807, 2.05) is 24.4 Å². The first kappa shape index (κ1) is 19.5. The predicted octanol–water partition coefficient (Wildman–Crippen LogP) is 4.65. The van der Waals surface area contributed by atoms with E-state index in [4.69, 9.17) is 33.2 Å². The summed E-state index contributed by atoms with van der Waals surface area (Å²) in [5.41, 5.74) is 1.62. The van der Waals surface area contributed by atoms with Crippen LogP contribution in [0.1, 0.15) is 38.6 Å². The summed E-state index contributed by atoms with van der Waals surface area (Å²) >= 11 is 12.6. The molecule has 4 rings (SSSR count). The number of aliphatic hydroxyl groups is 1. The van der Waals surface area contributed by atoms with Gasteiger partial charge in [0.25, 0.3) is 0 Å². The fourth-order valence-electron chi connectivity index (χ4n) is 3.54. The number of halogens is 2. The lowest BCUT2D eigenvalue weighted by Crippen LogP contribution is -2.25. The molecule has 3 aromatic rings. The minimum Gasteiger partial charge on any atom is -0.391 e. The number of fused-ring (bicyclic) bond motifs is 1. The molecule has 0 radical (unpaired) electrons. The molecule has 1 aromatic carbocycles. The van der Waals surface area contributed by atoms with Gasteiger partial charge in [0.15, 0.2) is 0 Å². The quantitative estimate of drug-likeness (QED) is 0.671. The summed E-state index contributed by atoms with van der Waals surface area (Å²) in [6.45, 7) is 8.29. The molecule has 1 saturated heterocycles. The zero-order chi connectivity index (χ0) is 20.1. The highest BCUT2D eigenvalue weighted by molar-refractivity contribution is 6.42. The number of hydrogen-bond donors (Lipinski definition) is 1. The number of β-amino-alcohol motifs (C(OH)–C–C–N with tert-alkyl or cyclic N) is 1. The molecule has 148 valence electrons. The molecule has 0 saturated carbocycles. The van der Waals surface area contributed by atoms with E-state index in [2.05, 4.69) is 30.2 Å². The van der Waals surface area contributed by atoms with Gasteiger partial charge in [0.1, 0.15) is 17.3 Å². The number of rotatable bonds is 3. The van der Waals surface area contributed by atoms with Crippen LogP contribution in [0.5, 0.6) is 0 Å². The van der Waals surface area contributed by atoms with Gasteiger partial charge in [0.05, 0.1) is 28.1 Å². The molecule has 0 unspecified atom stereocenters. The Labute approximate surface area is 174 Å². The highest BCUT2D eigenvalue weighted by atomic mass is 35.5. The molecule has 5 nitrogen and oxygen atoms in total. The Morgan fingerprint density at radius 2 is 1.96 bits per heavy atom. The number of aliphatic hydroxyl groups excluding tert-OH is 1. The molecule has 0 amide bonds. The lowest BCUT2D eigenvalue weighted by Gasteiger charge is -2.23. The highest BCUT2D eigenvalue weighted by Gasteiger charge is 2.27. The number of anilines is 1. The maximum atomic E-state index is 10.0. The lowest BCUT2D eigenvalue weighted by atomic mass is 9.95. The van der Waals surface area contributed by atoms with Crippen molar-refractivity contribution >= 4 is 40.1 Å². The van der Waals surface area contributed by atoms with Crippen molar-refractivity contribution < 1.29 is 5.11 Å². The number of hydrogen-bond acceptors (Lipinski definition) is 4. The average Bonchev–Trinajstić information content (AvgIpc) is 3.24. The van der Waals surface area contributed by atoms with Crippen molar-refractivity contribution in [1.29, 1.82) is 0 Å². The summed E-state index contributed by atoms with van der Waals surface area (Å²) < 4.78 is 2.08. The zero-order valence-corrected chi connectivity index (χ0v) is 17.8. The van der Waals surface area contributed by atoms with Crippen LogP contribution in [0, 0.1) is 0 Å². The third-order valence-electron chi connectivity index (χ3n) is 5.10. The van der Waals surface area contributed by atoms with Gasteiger partial charge >= 0.3 is 0 Å². The third-order valence-corrected chi connectivity index (χ3v) is 5.96. The summed E-state index contributed by atoms with van der Waals surface area (Å²) in [5.74, 6) is 1.68. The van der Waals surface area contributed by atoms with E-state index in [9.17, 15) is 5.11 Å². The van der Waals surface area contributed by atoms with Crippen LogP contribution >= 0.6 is 23.2 Å². The van der Waals surface area contributed by atoms with E-state index in [1.54, 1.807) is 6.07 Å². The number of benzene rings is 1. The summed E-state index contributed by atoms with van der Waals surface area (Å²) in [6, 6.07) is 7.71. The van der Waals surface area contributed by atoms with E-state index in [-0.39, 0.29) is 11.5 Å². The maximum absolute atomic E-state index is 10.0. The molecule has 0 aliphatic carbocycles. The standard InChI is InChI=1S/C21H24Cl2N4O/c1-21(2,3)20-24-18-15(19(25-20)27-9-7-14(28)12-27)8-10-26(18)11-13-5-4-6-16(22)17(13)23/h4-6,8,10,14,28H,7,9,11-12H2,1-3H3/t14-/m0/s1. The molecule has 7 heteroatoms. The Kier molecular flexibility index (Phi) is 5.02. The molecule has 3 heterocycles. The van der Waals surface area contributed by atoms with Gasteiger partial charge < -0.3 is 14.6 Å². The fourth-order valence-corrected chi connectivity index (χ4v) is 3.92. The van der Waals surface area contributed by atoms with Crippen molar-refractivity contribution in [3.05, 3.63) is 51.9 Å². The van der Waals surface area contributed by atoms with E-state index < -0.39 is 0 Å². The van der Waals surface area contributed by atoms with E-state index >= 15 is 0 Å². The molecule has 1 aliphatic heterocycles. The van der Waals surface area contributed by atoms with Crippen molar-refractivity contribution in [2.24, 2.45) is 0 Å². The van der Waals surface area contributed by atoms with Gasteiger partial charge in [-0.25, -0.2) is 9.97 Å². The second kappa shape index (κ2) is 7.21. The molecule has 0 bridgehead atoms. The smallest absolute Gasteiger partial charge is 0.146 e. The lowest BCUT2D eigenvalue weighted by molar-refractivity contribution is 0.198. The Morgan fingerprint density at radius 1 is 1.18 bits per heavy atom. The maximum Gasteiger partial charge on any atom is 0.146 e. The van der Waals surface area contributed by atoms with Crippen LogP contribution in [0.15, 0.2) is 30.5 Å². The molecule has 1 N–H and O–H groups in total. The van der Waals surface area contributed by atoms with Gasteiger partial charge in [-0.3, -0.25) is 0 Å². The SMILES string of the molecule is CC(C)(C)c1nc(N2CC[C@H](O)C2)c2ccn(Cc3cccc(Cl)c3Cl)c2n1. The third kappa shape index (κ3) is 3.59. The largest absolute Gasteiger partial charge is 0.391 e. The summed E-state index contributed by atoms with van der Waals surface area (Å²) in [4.78, 5) is 11.9. The van der Waals surface area contributed by atoms with Gasteiger partial charge in [-0.2, -0.15) is 0 Å². The van der Waals surface area contributed by atoms with Crippen LogP contribution in [-0.4, -0.2) is 38.8 Å². The van der Waals surface area contributed by atoms with Crippen LogP contribution in [0.25, 0.3) is 11.0 Å². The van der Waals surface area contributed by atoms with Crippen molar-refractivity contribution in [1.82, 2.24) is 14.5 Å². The van der Waals surface area contributed by atoms with Gasteiger partial charge in [-0.1, -0.05) is 56.1 Å². The first-order valence-electron chi connectivity index (χ1n) is 9.47. The van der Waals surface area contributed by atoms with Crippen molar-refractivity contribution in [3.8, 4) is 0 Å². The molecule has 1 aliphatic rings. The van der Waals surface area contributed by atoms with Gasteiger partial charge in [0, 0.05) is 24.7 Å². The van der Waals surface area contributed by atoms with Gasteiger partial charge in [-0.05, 0) is 24.1 Å². The van der Waals surface area contributed by atoms with Crippen molar-refractivity contribution in [2.45, 2.75) is 45.3 Å². The van der Waals surface area contributed by atoms with Crippen molar-refractivity contribution in [2.75, 3.05) is 18.0 Å². The second-order valence-corrected chi connectivity index (χ2v) is 9.19. The first-order valence-corrected chi connectivity index (χ1v) is 10.2. The predicted molar refractivity (Wildman–Crippen MR) is 115 cm³/mol. The van der Waals surface area contributed by atoms with Crippen molar-refractivity contribution in [3.63, 3.8) is 0 Å². The molecule has 0 spiro atoms. The number of nitrogens with zero attached hydrogens (tertiary/aromatic N) is 4. The fraction of sp³-hybridized carbons (Fsp3) is 0.429. The molecule has 28 heavy (non-hydrogen) atoms. The summed E-state index contributed by atoms with van der Waals surface area (Å²) in [7, 11) is 0.